The van der Waals surface area contributed by atoms with Gasteiger partial charge in [0.1, 0.15) is 0 Å². The first-order chi connectivity index (χ1) is 9.65. The van der Waals surface area contributed by atoms with Crippen LogP contribution in [0.4, 0.5) is 0 Å². The molecule has 2 rings (SSSR count). The molecule has 0 aromatic carbocycles. The third-order valence-electron chi connectivity index (χ3n) is 5.05. The Kier molecular flexibility index (Phi) is 8.60. The summed E-state index contributed by atoms with van der Waals surface area (Å²) in [4.78, 5) is 14.4. The van der Waals surface area contributed by atoms with Crippen LogP contribution in [0.15, 0.2) is 0 Å². The van der Waals surface area contributed by atoms with Crippen LogP contribution in [0.3, 0.4) is 0 Å². The molecule has 2 aliphatic rings. The number of carbonyl (C=O) groups is 1. The molecular formula is C16H32ClN3O. The Bertz CT molecular complexity index is 300. The molecular weight excluding hydrogens is 286 g/mol. The molecule has 0 aromatic heterocycles. The summed E-state index contributed by atoms with van der Waals surface area (Å²) in [5.74, 6) is 1.37. The maximum Gasteiger partial charge on any atom is 0.236 e. The van der Waals surface area contributed by atoms with E-state index in [-0.39, 0.29) is 24.4 Å². The molecule has 1 saturated carbocycles. The molecule has 124 valence electrons. The van der Waals surface area contributed by atoms with Crippen LogP contribution < -0.4 is 11.1 Å². The van der Waals surface area contributed by atoms with Gasteiger partial charge in [0, 0.05) is 6.54 Å². The Hall–Kier alpha value is -0.320. The number of nitrogens with zero attached hydrogens (tertiary/aromatic N) is 1. The Morgan fingerprint density at radius 2 is 1.76 bits per heavy atom. The van der Waals surface area contributed by atoms with Crippen LogP contribution in [0.25, 0.3) is 0 Å². The number of carbonyl (C=O) groups excluding carboxylic acids is 1. The second-order valence-electron chi connectivity index (χ2n) is 6.84. The minimum atomic E-state index is -0.302. The number of hydrogen-bond acceptors (Lipinski definition) is 3. The summed E-state index contributed by atoms with van der Waals surface area (Å²) in [5, 5.41) is 3.07. The number of nitrogens with one attached hydrogen (secondary N) is 1. The Labute approximate surface area is 135 Å². The van der Waals surface area contributed by atoms with Gasteiger partial charge < -0.3 is 16.0 Å². The van der Waals surface area contributed by atoms with E-state index in [1.807, 2.05) is 0 Å². The van der Waals surface area contributed by atoms with Crippen molar-refractivity contribution in [1.29, 1.82) is 0 Å². The number of halogens is 1. The molecule has 2 fully saturated rings. The number of amides is 1. The highest BCUT2D eigenvalue weighted by Gasteiger charge is 2.22. The van der Waals surface area contributed by atoms with Crippen LogP contribution in [0.5, 0.6) is 0 Å². The van der Waals surface area contributed by atoms with Gasteiger partial charge in [-0.3, -0.25) is 4.79 Å². The van der Waals surface area contributed by atoms with Crippen molar-refractivity contribution in [3.05, 3.63) is 0 Å². The first kappa shape index (κ1) is 18.7. The Morgan fingerprint density at radius 1 is 1.14 bits per heavy atom. The summed E-state index contributed by atoms with van der Waals surface area (Å²) in [6, 6.07) is -0.302. The van der Waals surface area contributed by atoms with E-state index in [0.29, 0.717) is 11.8 Å². The van der Waals surface area contributed by atoms with Crippen LogP contribution in [-0.2, 0) is 4.79 Å². The van der Waals surface area contributed by atoms with Crippen molar-refractivity contribution in [3.8, 4) is 0 Å². The van der Waals surface area contributed by atoms with Crippen LogP contribution in [0.2, 0.25) is 0 Å². The van der Waals surface area contributed by atoms with Crippen molar-refractivity contribution >= 4 is 18.3 Å². The molecule has 0 aromatic rings. The molecule has 1 saturated heterocycles. The molecule has 1 amide bonds. The summed E-state index contributed by atoms with van der Waals surface area (Å²) >= 11 is 0. The zero-order valence-electron chi connectivity index (χ0n) is 13.4. The fourth-order valence-corrected chi connectivity index (χ4v) is 3.53. The van der Waals surface area contributed by atoms with Gasteiger partial charge in [0.25, 0.3) is 0 Å². The van der Waals surface area contributed by atoms with Gasteiger partial charge >= 0.3 is 0 Å². The molecule has 4 nitrogen and oxygen atoms in total. The molecule has 5 heteroatoms. The topological polar surface area (TPSA) is 58.4 Å². The maximum absolute atomic E-state index is 12.1. The SMILES string of the molecule is CN1CCC(CNC(=O)C(N)CC2CCCCC2)CC1.Cl. The van der Waals surface area contributed by atoms with Crippen molar-refractivity contribution in [1.82, 2.24) is 10.2 Å². The lowest BCUT2D eigenvalue weighted by Gasteiger charge is -2.29. The van der Waals surface area contributed by atoms with Gasteiger partial charge in [-0.25, -0.2) is 0 Å². The maximum atomic E-state index is 12.1. The number of nitrogens with two attached hydrogens (primary N) is 1. The van der Waals surface area contributed by atoms with Gasteiger partial charge in [0.05, 0.1) is 6.04 Å². The van der Waals surface area contributed by atoms with Crippen molar-refractivity contribution in [2.75, 3.05) is 26.7 Å². The van der Waals surface area contributed by atoms with Crippen LogP contribution in [0, 0.1) is 11.8 Å². The molecule has 1 aliphatic heterocycles. The van der Waals surface area contributed by atoms with E-state index in [9.17, 15) is 4.79 Å². The zero-order chi connectivity index (χ0) is 14.4. The van der Waals surface area contributed by atoms with Gasteiger partial charge in [-0.2, -0.15) is 0 Å². The fraction of sp³-hybridized carbons (Fsp3) is 0.938. The number of hydrogen-bond donors (Lipinski definition) is 2. The molecule has 0 radical (unpaired) electrons. The summed E-state index contributed by atoms with van der Waals surface area (Å²) in [6.45, 7) is 3.11. The van der Waals surface area contributed by atoms with Crippen LogP contribution in [0.1, 0.15) is 51.4 Å². The first-order valence-electron chi connectivity index (χ1n) is 8.37. The average Bonchev–Trinajstić information content (AvgIpc) is 2.47. The van der Waals surface area contributed by atoms with Crippen molar-refractivity contribution < 1.29 is 4.79 Å². The highest BCUT2D eigenvalue weighted by molar-refractivity contribution is 5.85. The minimum absolute atomic E-state index is 0. The quantitative estimate of drug-likeness (QED) is 0.817. The van der Waals surface area contributed by atoms with Gasteiger partial charge in [-0.15, -0.1) is 12.4 Å². The first-order valence-corrected chi connectivity index (χ1v) is 8.37. The molecule has 0 bridgehead atoms. The van der Waals surface area contributed by atoms with Gasteiger partial charge in [0.2, 0.25) is 5.91 Å². The standard InChI is InChI=1S/C16H31N3O.ClH/c1-19-9-7-14(8-10-19)12-18-16(20)15(17)11-13-5-3-2-4-6-13;/h13-15H,2-12,17H2,1H3,(H,18,20);1H. The lowest BCUT2D eigenvalue weighted by molar-refractivity contribution is -0.123. The van der Waals surface area contributed by atoms with E-state index in [1.165, 1.54) is 44.9 Å². The molecule has 1 heterocycles. The summed E-state index contributed by atoms with van der Waals surface area (Å²) in [6.07, 6.45) is 9.76. The monoisotopic (exact) mass is 317 g/mol. The summed E-state index contributed by atoms with van der Waals surface area (Å²) in [7, 11) is 2.16. The Morgan fingerprint density at radius 3 is 2.38 bits per heavy atom. The lowest BCUT2D eigenvalue weighted by atomic mass is 9.85. The zero-order valence-corrected chi connectivity index (χ0v) is 14.2. The van der Waals surface area contributed by atoms with E-state index in [0.717, 1.165) is 26.1 Å². The largest absolute Gasteiger partial charge is 0.354 e. The third kappa shape index (κ3) is 6.54. The van der Waals surface area contributed by atoms with Crippen molar-refractivity contribution in [2.24, 2.45) is 17.6 Å². The Balaban J connectivity index is 0.00000220. The van der Waals surface area contributed by atoms with E-state index in [4.69, 9.17) is 5.73 Å². The van der Waals surface area contributed by atoms with E-state index >= 15 is 0 Å². The summed E-state index contributed by atoms with van der Waals surface area (Å²) < 4.78 is 0. The molecule has 21 heavy (non-hydrogen) atoms. The molecule has 1 unspecified atom stereocenters. The molecule has 1 aliphatic carbocycles. The molecule has 3 N–H and O–H groups in total. The fourth-order valence-electron chi connectivity index (χ4n) is 3.53. The predicted octanol–water partition coefficient (Wildman–Crippen LogP) is 2.16. The van der Waals surface area contributed by atoms with Crippen molar-refractivity contribution in [2.45, 2.75) is 57.4 Å². The third-order valence-corrected chi connectivity index (χ3v) is 5.05. The minimum Gasteiger partial charge on any atom is -0.354 e. The van der Waals surface area contributed by atoms with Gasteiger partial charge in [-0.1, -0.05) is 32.1 Å². The second-order valence-corrected chi connectivity index (χ2v) is 6.84. The van der Waals surface area contributed by atoms with Gasteiger partial charge in [0.15, 0.2) is 0 Å². The molecule has 0 spiro atoms. The predicted molar refractivity (Wildman–Crippen MR) is 89.6 cm³/mol. The average molecular weight is 318 g/mol. The lowest BCUT2D eigenvalue weighted by Crippen LogP contribution is -2.44. The van der Waals surface area contributed by atoms with E-state index < -0.39 is 0 Å². The van der Waals surface area contributed by atoms with E-state index in [1.54, 1.807) is 0 Å². The van der Waals surface area contributed by atoms with Crippen molar-refractivity contribution in [3.63, 3.8) is 0 Å². The van der Waals surface area contributed by atoms with Crippen LogP contribution in [-0.4, -0.2) is 43.5 Å². The molecule has 1 atom stereocenters. The number of piperidine rings is 1. The number of rotatable bonds is 5. The van der Waals surface area contributed by atoms with Gasteiger partial charge in [-0.05, 0) is 51.2 Å². The highest BCUT2D eigenvalue weighted by Crippen LogP contribution is 2.27. The number of likely N-dealkylation sites (tertiary alicyclic amines) is 1. The smallest absolute Gasteiger partial charge is 0.236 e. The normalized spacial score (nSPS) is 23.3. The summed E-state index contributed by atoms with van der Waals surface area (Å²) in [5.41, 5.74) is 6.07. The highest BCUT2D eigenvalue weighted by atomic mass is 35.5. The van der Waals surface area contributed by atoms with E-state index in [2.05, 4.69) is 17.3 Å². The van der Waals surface area contributed by atoms with Crippen LogP contribution >= 0.6 is 12.4 Å². The second kappa shape index (κ2) is 9.65.